The number of hydrogen-bond donors (Lipinski definition) is 1. The van der Waals surface area contributed by atoms with E-state index in [0.717, 1.165) is 12.0 Å². The van der Waals surface area contributed by atoms with Crippen LogP contribution in [0.5, 0.6) is 0 Å². The Labute approximate surface area is 148 Å². The molecule has 0 radical (unpaired) electrons. The van der Waals surface area contributed by atoms with Gasteiger partial charge >= 0.3 is 0 Å². The summed E-state index contributed by atoms with van der Waals surface area (Å²) in [6, 6.07) is 9.11. The zero-order chi connectivity index (χ0) is 17.9. The Morgan fingerprint density at radius 3 is 2.76 bits per heavy atom. The number of β-amino-alcohol motifs (C(OH)–C–C–N with tert-alkyl or cyclic N) is 1. The van der Waals surface area contributed by atoms with Crippen LogP contribution in [0, 0.1) is 0 Å². The number of aliphatic hydroxyl groups is 1. The fourth-order valence-corrected chi connectivity index (χ4v) is 3.43. The molecule has 25 heavy (non-hydrogen) atoms. The molecule has 2 heterocycles. The molecule has 0 aliphatic carbocycles. The highest BCUT2D eigenvalue weighted by atomic mass is 16.3. The van der Waals surface area contributed by atoms with Crippen LogP contribution in [0.1, 0.15) is 23.2 Å². The van der Waals surface area contributed by atoms with Gasteiger partial charge in [0.05, 0.1) is 12.1 Å². The van der Waals surface area contributed by atoms with E-state index in [2.05, 4.69) is 9.97 Å². The summed E-state index contributed by atoms with van der Waals surface area (Å²) >= 11 is 0. The van der Waals surface area contributed by atoms with Crippen molar-refractivity contribution >= 4 is 5.91 Å². The van der Waals surface area contributed by atoms with Gasteiger partial charge in [0.15, 0.2) is 5.82 Å². The van der Waals surface area contributed by atoms with E-state index in [1.54, 1.807) is 29.4 Å². The van der Waals surface area contributed by atoms with Crippen LogP contribution in [0.4, 0.5) is 0 Å². The Kier molecular flexibility index (Phi) is 5.11. The van der Waals surface area contributed by atoms with E-state index < -0.39 is 5.60 Å². The van der Waals surface area contributed by atoms with Gasteiger partial charge in [-0.15, -0.1) is 0 Å². The van der Waals surface area contributed by atoms with Crippen molar-refractivity contribution < 1.29 is 9.90 Å². The third-order valence-electron chi connectivity index (χ3n) is 4.39. The third-order valence-corrected chi connectivity index (χ3v) is 4.39. The highest BCUT2D eigenvalue weighted by molar-refractivity contribution is 5.95. The molecule has 0 spiro atoms. The first-order chi connectivity index (χ1) is 12.0. The summed E-state index contributed by atoms with van der Waals surface area (Å²) in [7, 11) is 3.87. The smallest absolute Gasteiger partial charge is 0.253 e. The van der Waals surface area contributed by atoms with Crippen molar-refractivity contribution in [2.24, 2.45) is 0 Å². The highest BCUT2D eigenvalue weighted by Crippen LogP contribution is 2.24. The monoisotopic (exact) mass is 340 g/mol. The number of rotatable bonds is 4. The lowest BCUT2D eigenvalue weighted by molar-refractivity contribution is -0.0391. The minimum atomic E-state index is -0.850. The van der Waals surface area contributed by atoms with Crippen LogP contribution in [0.15, 0.2) is 42.7 Å². The summed E-state index contributed by atoms with van der Waals surface area (Å²) in [5, 5.41) is 10.8. The van der Waals surface area contributed by atoms with Crippen LogP contribution in [-0.4, -0.2) is 70.1 Å². The molecule has 1 aromatic heterocycles. The summed E-state index contributed by atoms with van der Waals surface area (Å²) in [6.45, 7) is 1.57. The Morgan fingerprint density at radius 1 is 1.28 bits per heavy atom. The Bertz CT molecular complexity index is 735. The van der Waals surface area contributed by atoms with Gasteiger partial charge in [-0.2, -0.15) is 0 Å². The molecule has 6 heteroatoms. The predicted octanol–water partition coefficient (Wildman–Crippen LogP) is 1.67. The van der Waals surface area contributed by atoms with E-state index in [1.807, 2.05) is 37.2 Å². The maximum atomic E-state index is 12.9. The number of amides is 1. The van der Waals surface area contributed by atoms with Gasteiger partial charge in [-0.3, -0.25) is 4.79 Å². The predicted molar refractivity (Wildman–Crippen MR) is 96.1 cm³/mol. The molecule has 132 valence electrons. The van der Waals surface area contributed by atoms with Gasteiger partial charge < -0.3 is 14.9 Å². The molecule has 1 amide bonds. The molecule has 3 rings (SSSR count). The van der Waals surface area contributed by atoms with Gasteiger partial charge in [-0.05, 0) is 45.1 Å². The van der Waals surface area contributed by atoms with Gasteiger partial charge in [-0.25, -0.2) is 9.97 Å². The van der Waals surface area contributed by atoms with E-state index in [0.29, 0.717) is 37.4 Å². The van der Waals surface area contributed by atoms with Gasteiger partial charge in [0.2, 0.25) is 0 Å². The lowest BCUT2D eigenvalue weighted by atomic mass is 9.92. The van der Waals surface area contributed by atoms with Crippen molar-refractivity contribution in [3.05, 3.63) is 48.3 Å². The Balaban J connectivity index is 1.79. The standard InChI is InChI=1S/C19H24N4O2/c1-22(2)13-19(25)8-4-11-23(14-19)18(24)16-7-3-6-15(12-16)17-20-9-5-10-21-17/h3,5-7,9-10,12,25H,4,8,11,13-14H2,1-2H3/t19-/m1/s1. The zero-order valence-corrected chi connectivity index (χ0v) is 14.7. The average Bonchev–Trinajstić information content (AvgIpc) is 2.61. The van der Waals surface area contributed by atoms with Crippen LogP contribution in [0.2, 0.25) is 0 Å². The molecule has 0 unspecified atom stereocenters. The first-order valence-electron chi connectivity index (χ1n) is 8.51. The number of carbonyl (C=O) groups is 1. The molecule has 0 saturated carbocycles. The fraction of sp³-hybridized carbons (Fsp3) is 0.421. The average molecular weight is 340 g/mol. The van der Waals surface area contributed by atoms with Gasteiger partial charge in [0, 0.05) is 36.6 Å². The molecule has 1 atom stereocenters. The number of piperidine rings is 1. The molecule has 1 aliphatic rings. The molecule has 1 N–H and O–H groups in total. The minimum Gasteiger partial charge on any atom is -0.387 e. The Hall–Kier alpha value is -2.31. The summed E-state index contributed by atoms with van der Waals surface area (Å²) in [5.74, 6) is 0.537. The minimum absolute atomic E-state index is 0.0605. The van der Waals surface area contributed by atoms with Crippen molar-refractivity contribution in [1.82, 2.24) is 19.8 Å². The van der Waals surface area contributed by atoms with Crippen molar-refractivity contribution in [2.75, 3.05) is 33.7 Å². The molecule has 1 aliphatic heterocycles. The first-order valence-corrected chi connectivity index (χ1v) is 8.51. The second-order valence-corrected chi connectivity index (χ2v) is 6.95. The number of likely N-dealkylation sites (tertiary alicyclic amines) is 1. The molecular weight excluding hydrogens is 316 g/mol. The third kappa shape index (κ3) is 4.21. The van der Waals surface area contributed by atoms with Crippen LogP contribution in [0.25, 0.3) is 11.4 Å². The molecule has 2 aromatic rings. The van der Waals surface area contributed by atoms with Crippen molar-refractivity contribution in [3.8, 4) is 11.4 Å². The van der Waals surface area contributed by atoms with Crippen LogP contribution < -0.4 is 0 Å². The topological polar surface area (TPSA) is 69.6 Å². The zero-order valence-electron chi connectivity index (χ0n) is 14.7. The maximum absolute atomic E-state index is 12.9. The second kappa shape index (κ2) is 7.29. The number of benzene rings is 1. The normalized spacial score (nSPS) is 20.7. The van der Waals surface area contributed by atoms with E-state index >= 15 is 0 Å². The Morgan fingerprint density at radius 2 is 2.04 bits per heavy atom. The van der Waals surface area contributed by atoms with Gasteiger partial charge in [0.25, 0.3) is 5.91 Å². The molecule has 1 fully saturated rings. The van der Waals surface area contributed by atoms with Crippen LogP contribution in [0.3, 0.4) is 0 Å². The number of nitrogens with zero attached hydrogens (tertiary/aromatic N) is 4. The number of aromatic nitrogens is 2. The summed E-state index contributed by atoms with van der Waals surface area (Å²) in [4.78, 5) is 25.1. The van der Waals surface area contributed by atoms with E-state index in [4.69, 9.17) is 0 Å². The lowest BCUT2D eigenvalue weighted by Gasteiger charge is -2.40. The molecule has 1 saturated heterocycles. The summed E-state index contributed by atoms with van der Waals surface area (Å²) in [5.41, 5.74) is 0.559. The largest absolute Gasteiger partial charge is 0.387 e. The lowest BCUT2D eigenvalue weighted by Crippen LogP contribution is -2.54. The van der Waals surface area contributed by atoms with Gasteiger partial charge in [-0.1, -0.05) is 12.1 Å². The molecule has 1 aromatic carbocycles. The first kappa shape index (κ1) is 17.5. The van der Waals surface area contributed by atoms with Crippen LogP contribution in [-0.2, 0) is 0 Å². The van der Waals surface area contributed by atoms with E-state index in [9.17, 15) is 9.90 Å². The van der Waals surface area contributed by atoms with Gasteiger partial charge in [0.1, 0.15) is 0 Å². The van der Waals surface area contributed by atoms with Crippen LogP contribution >= 0.6 is 0 Å². The molecule has 0 bridgehead atoms. The van der Waals surface area contributed by atoms with Crippen molar-refractivity contribution in [1.29, 1.82) is 0 Å². The molecule has 6 nitrogen and oxygen atoms in total. The highest BCUT2D eigenvalue weighted by Gasteiger charge is 2.35. The van der Waals surface area contributed by atoms with E-state index in [-0.39, 0.29) is 5.91 Å². The second-order valence-electron chi connectivity index (χ2n) is 6.95. The quantitative estimate of drug-likeness (QED) is 0.917. The molecular formula is C19H24N4O2. The summed E-state index contributed by atoms with van der Waals surface area (Å²) in [6.07, 6.45) is 4.88. The van der Waals surface area contributed by atoms with E-state index in [1.165, 1.54) is 0 Å². The maximum Gasteiger partial charge on any atom is 0.253 e. The number of hydrogen-bond acceptors (Lipinski definition) is 5. The number of likely N-dealkylation sites (N-methyl/N-ethyl adjacent to an activating group) is 1. The SMILES string of the molecule is CN(C)C[C@]1(O)CCCN(C(=O)c2cccc(-c3ncccn3)c2)C1. The van der Waals surface area contributed by atoms with Crippen molar-refractivity contribution in [2.45, 2.75) is 18.4 Å². The summed E-state index contributed by atoms with van der Waals surface area (Å²) < 4.78 is 0. The van der Waals surface area contributed by atoms with Crippen molar-refractivity contribution in [3.63, 3.8) is 0 Å². The number of carbonyl (C=O) groups excluding carboxylic acids is 1. The fourth-order valence-electron chi connectivity index (χ4n) is 3.43.